The van der Waals surface area contributed by atoms with Crippen LogP contribution in [-0.2, 0) is 6.42 Å². The Morgan fingerprint density at radius 2 is 2.00 bits per heavy atom. The van der Waals surface area contributed by atoms with Crippen LogP contribution in [0.4, 0.5) is 23.2 Å². The molecule has 0 aliphatic carbocycles. The highest BCUT2D eigenvalue weighted by Crippen LogP contribution is 2.27. The molecule has 0 saturated carbocycles. The van der Waals surface area contributed by atoms with Crippen LogP contribution in [0, 0.1) is 5.82 Å². The first-order valence-electron chi connectivity index (χ1n) is 5.51. The van der Waals surface area contributed by atoms with Gasteiger partial charge in [-0.3, -0.25) is 4.79 Å². The lowest BCUT2D eigenvalue weighted by molar-refractivity contribution is -0.194. The van der Waals surface area contributed by atoms with Crippen LogP contribution in [0.5, 0.6) is 0 Å². The molecule has 0 radical (unpaired) electrons. The lowest BCUT2D eigenvalue weighted by Crippen LogP contribution is -2.36. The normalized spacial score (nSPS) is 13.2. The molecule has 0 spiro atoms. The summed E-state index contributed by atoms with van der Waals surface area (Å²) in [4.78, 5) is 11.3. The molecular weight excluding hydrogens is 266 g/mol. The zero-order chi connectivity index (χ0) is 14.8. The fourth-order valence-electron chi connectivity index (χ4n) is 1.51. The number of Topliss-reactive ketones (excluding diaryl/α,β-unsaturated/α-hetero) is 1. The van der Waals surface area contributed by atoms with Crippen LogP contribution >= 0.6 is 0 Å². The van der Waals surface area contributed by atoms with E-state index in [2.05, 4.69) is 0 Å². The molecule has 1 aromatic rings. The van der Waals surface area contributed by atoms with E-state index in [9.17, 15) is 22.4 Å². The minimum absolute atomic E-state index is 0.222. The number of rotatable bonds is 4. The van der Waals surface area contributed by atoms with E-state index in [1.54, 1.807) is 12.2 Å². The van der Waals surface area contributed by atoms with Gasteiger partial charge in [0.15, 0.2) is 5.78 Å². The van der Waals surface area contributed by atoms with Gasteiger partial charge in [0.25, 0.3) is 0 Å². The molecule has 0 aliphatic heterocycles. The van der Waals surface area contributed by atoms with E-state index in [-0.39, 0.29) is 5.56 Å². The van der Waals surface area contributed by atoms with E-state index >= 15 is 0 Å². The van der Waals surface area contributed by atoms with Gasteiger partial charge < -0.3 is 10.4 Å². The van der Waals surface area contributed by atoms with Crippen LogP contribution in [0.15, 0.2) is 12.1 Å². The number of benzene rings is 1. The van der Waals surface area contributed by atoms with E-state index in [4.69, 9.17) is 5.11 Å². The Bertz CT molecular complexity index is 485. The number of alkyl halides is 3. The van der Waals surface area contributed by atoms with Gasteiger partial charge in [-0.2, -0.15) is 13.2 Å². The third-order valence-corrected chi connectivity index (χ3v) is 2.53. The summed E-state index contributed by atoms with van der Waals surface area (Å²) in [7, 11) is 0. The van der Waals surface area contributed by atoms with Gasteiger partial charge in [0, 0.05) is 5.56 Å². The Labute approximate surface area is 107 Å². The number of carbonyl (C=O) groups excluding carboxylic acids is 1. The van der Waals surface area contributed by atoms with Gasteiger partial charge >= 0.3 is 6.18 Å². The molecule has 0 amide bonds. The van der Waals surface area contributed by atoms with Crippen molar-refractivity contribution in [3.63, 3.8) is 0 Å². The third kappa shape index (κ3) is 3.66. The van der Waals surface area contributed by atoms with Crippen molar-refractivity contribution < 1.29 is 27.5 Å². The molecule has 1 atom stereocenters. The Hall–Kier alpha value is -1.63. The molecular formula is C12H13F4NO2. The molecule has 0 fully saturated rings. The second kappa shape index (κ2) is 5.56. The quantitative estimate of drug-likeness (QED) is 0.506. The zero-order valence-corrected chi connectivity index (χ0v) is 10.3. The van der Waals surface area contributed by atoms with Crippen molar-refractivity contribution in [2.75, 3.05) is 5.32 Å². The molecule has 1 unspecified atom stereocenters. The Morgan fingerprint density at radius 3 is 2.42 bits per heavy atom. The highest BCUT2D eigenvalue weighted by Gasteiger charge is 2.39. The molecule has 0 bridgehead atoms. The first-order valence-corrected chi connectivity index (χ1v) is 5.51. The summed E-state index contributed by atoms with van der Waals surface area (Å²) in [6.45, 7) is 2.83. The number of ketones is 1. The van der Waals surface area contributed by atoms with E-state index in [1.165, 1.54) is 6.07 Å². The van der Waals surface area contributed by atoms with Gasteiger partial charge in [-0.1, -0.05) is 6.92 Å². The predicted octanol–water partition coefficient (Wildman–Crippen LogP) is 2.88. The minimum Gasteiger partial charge on any atom is -0.366 e. The average Bonchev–Trinajstić information content (AvgIpc) is 2.29. The number of carbonyl (C=O) groups is 1. The van der Waals surface area contributed by atoms with Crippen molar-refractivity contribution in [3.05, 3.63) is 29.1 Å². The van der Waals surface area contributed by atoms with Crippen molar-refractivity contribution >= 4 is 11.5 Å². The second-order valence-corrected chi connectivity index (χ2v) is 4.00. The summed E-state index contributed by atoms with van der Waals surface area (Å²) < 4.78 is 50.4. The molecule has 106 valence electrons. The molecule has 19 heavy (non-hydrogen) atoms. The standard InChI is InChI=1S/C12H13F4NO2/c1-3-7-4-8(6(2)18)10(9(13)5-7)17-11(19)12(14,15)16/h4-5,11,17,19H,3H2,1-2H3. The Morgan fingerprint density at radius 1 is 1.42 bits per heavy atom. The molecule has 7 heteroatoms. The van der Waals surface area contributed by atoms with E-state index in [0.717, 1.165) is 13.0 Å². The van der Waals surface area contributed by atoms with Crippen LogP contribution < -0.4 is 5.32 Å². The first kappa shape index (κ1) is 15.4. The SMILES string of the molecule is CCc1cc(F)c(NC(O)C(F)(F)F)c(C(C)=O)c1. The molecule has 3 nitrogen and oxygen atoms in total. The number of aliphatic hydroxyl groups excluding tert-OH is 1. The number of nitrogens with one attached hydrogen (secondary N) is 1. The molecule has 1 aromatic carbocycles. The van der Waals surface area contributed by atoms with Gasteiger partial charge in [-0.15, -0.1) is 0 Å². The molecule has 0 heterocycles. The lowest BCUT2D eigenvalue weighted by Gasteiger charge is -2.19. The van der Waals surface area contributed by atoms with Gasteiger partial charge in [0.1, 0.15) is 5.82 Å². The van der Waals surface area contributed by atoms with Gasteiger partial charge in [-0.25, -0.2) is 4.39 Å². The maximum Gasteiger partial charge on any atom is 0.433 e. The van der Waals surface area contributed by atoms with E-state index in [1.807, 2.05) is 0 Å². The number of aryl methyl sites for hydroxylation is 1. The van der Waals surface area contributed by atoms with Gasteiger partial charge in [0.2, 0.25) is 6.23 Å². The molecule has 0 aromatic heterocycles. The van der Waals surface area contributed by atoms with Crippen molar-refractivity contribution in [3.8, 4) is 0 Å². The van der Waals surface area contributed by atoms with Gasteiger partial charge in [-0.05, 0) is 31.0 Å². The fraction of sp³-hybridized carbons (Fsp3) is 0.417. The monoisotopic (exact) mass is 279 g/mol. The van der Waals surface area contributed by atoms with Crippen molar-refractivity contribution in [1.29, 1.82) is 0 Å². The van der Waals surface area contributed by atoms with Crippen LogP contribution in [0.25, 0.3) is 0 Å². The van der Waals surface area contributed by atoms with Crippen LogP contribution in [-0.4, -0.2) is 23.3 Å². The number of aliphatic hydroxyl groups is 1. The van der Waals surface area contributed by atoms with Crippen molar-refractivity contribution in [2.24, 2.45) is 0 Å². The molecule has 0 aliphatic rings. The number of hydrogen-bond donors (Lipinski definition) is 2. The van der Waals surface area contributed by atoms with Gasteiger partial charge in [0.05, 0.1) is 5.69 Å². The molecule has 1 rings (SSSR count). The smallest absolute Gasteiger partial charge is 0.366 e. The average molecular weight is 279 g/mol. The second-order valence-electron chi connectivity index (χ2n) is 4.00. The number of anilines is 1. The number of halogens is 4. The van der Waals surface area contributed by atoms with E-state index < -0.39 is 29.7 Å². The summed E-state index contributed by atoms with van der Waals surface area (Å²) in [6.07, 6.45) is -7.46. The third-order valence-electron chi connectivity index (χ3n) is 2.53. The maximum absolute atomic E-state index is 13.7. The van der Waals surface area contributed by atoms with Crippen LogP contribution in [0.2, 0.25) is 0 Å². The summed E-state index contributed by atoms with van der Waals surface area (Å²) in [5.41, 5.74) is -0.385. The van der Waals surface area contributed by atoms with Crippen LogP contribution in [0.3, 0.4) is 0 Å². The Kier molecular flexibility index (Phi) is 4.52. The van der Waals surface area contributed by atoms with Crippen LogP contribution in [0.1, 0.15) is 29.8 Å². The summed E-state index contributed by atoms with van der Waals surface area (Å²) in [5.74, 6) is -1.60. The van der Waals surface area contributed by atoms with Crippen molar-refractivity contribution in [1.82, 2.24) is 0 Å². The first-order chi connectivity index (χ1) is 8.66. The maximum atomic E-state index is 13.7. The molecule has 0 saturated heterocycles. The van der Waals surface area contributed by atoms with E-state index in [0.29, 0.717) is 12.0 Å². The summed E-state index contributed by atoms with van der Waals surface area (Å²) in [6, 6.07) is 2.33. The predicted molar refractivity (Wildman–Crippen MR) is 61.5 cm³/mol. The highest BCUT2D eigenvalue weighted by atomic mass is 19.4. The fourth-order valence-corrected chi connectivity index (χ4v) is 1.51. The highest BCUT2D eigenvalue weighted by molar-refractivity contribution is 5.99. The summed E-state index contributed by atoms with van der Waals surface area (Å²) in [5, 5.41) is 10.5. The number of hydrogen-bond acceptors (Lipinski definition) is 3. The summed E-state index contributed by atoms with van der Waals surface area (Å²) >= 11 is 0. The minimum atomic E-state index is -4.95. The zero-order valence-electron chi connectivity index (χ0n) is 10.3. The lowest BCUT2D eigenvalue weighted by atomic mass is 10.0. The van der Waals surface area contributed by atoms with Crippen molar-refractivity contribution in [2.45, 2.75) is 32.7 Å². The Balaban J connectivity index is 3.23. The topological polar surface area (TPSA) is 49.3 Å². The molecule has 2 N–H and O–H groups in total. The largest absolute Gasteiger partial charge is 0.433 e.